The second kappa shape index (κ2) is 8.33. The molecule has 2 saturated carbocycles. The van der Waals surface area contributed by atoms with E-state index in [9.17, 15) is 9.90 Å². The average Bonchev–Trinajstić information content (AvgIpc) is 3.09. The summed E-state index contributed by atoms with van der Waals surface area (Å²) >= 11 is 0. The van der Waals surface area contributed by atoms with Gasteiger partial charge in [-0.05, 0) is 50.5 Å². The van der Waals surface area contributed by atoms with E-state index in [0.717, 1.165) is 50.3 Å². The van der Waals surface area contributed by atoms with Crippen molar-refractivity contribution in [3.8, 4) is 0 Å². The van der Waals surface area contributed by atoms with Crippen molar-refractivity contribution >= 4 is 23.5 Å². The first kappa shape index (κ1) is 20.0. The van der Waals surface area contributed by atoms with Gasteiger partial charge in [0, 0.05) is 37.6 Å². The van der Waals surface area contributed by atoms with Crippen LogP contribution in [-0.2, 0) is 6.54 Å². The highest BCUT2D eigenvalue weighted by molar-refractivity contribution is 5.75. The van der Waals surface area contributed by atoms with Crippen molar-refractivity contribution in [1.82, 2.24) is 30.0 Å². The molecule has 2 amide bonds. The molecular weight excluding hydrogens is 396 g/mol. The third-order valence-corrected chi connectivity index (χ3v) is 6.29. The van der Waals surface area contributed by atoms with Gasteiger partial charge < -0.3 is 26.0 Å². The van der Waals surface area contributed by atoms with Gasteiger partial charge in [-0.3, -0.25) is 4.68 Å². The van der Waals surface area contributed by atoms with Crippen molar-refractivity contribution < 1.29 is 9.90 Å². The van der Waals surface area contributed by atoms with Crippen LogP contribution in [0.2, 0.25) is 0 Å². The topological polar surface area (TPSA) is 120 Å². The van der Waals surface area contributed by atoms with Gasteiger partial charge in [0.1, 0.15) is 5.82 Å². The number of carbonyl (C=O) groups excluding carboxylic acids is 1. The maximum absolute atomic E-state index is 12.3. The zero-order valence-corrected chi connectivity index (χ0v) is 17.7. The van der Waals surface area contributed by atoms with E-state index in [0.29, 0.717) is 36.4 Å². The number of nitrogens with zero attached hydrogens (tertiary/aromatic N) is 5. The Morgan fingerprint density at radius 2 is 2.03 bits per heavy atom. The van der Waals surface area contributed by atoms with Crippen LogP contribution in [0.5, 0.6) is 0 Å². The number of likely N-dealkylation sites (tertiary alicyclic amines) is 1. The molecule has 1 saturated heterocycles. The molecule has 1 aliphatic heterocycles. The van der Waals surface area contributed by atoms with Gasteiger partial charge in [-0.1, -0.05) is 0 Å². The Balaban J connectivity index is 1.13. The molecule has 3 atom stereocenters. The first-order chi connectivity index (χ1) is 15.0. The number of hydrogen-bond donors (Lipinski definition) is 4. The summed E-state index contributed by atoms with van der Waals surface area (Å²) in [6.45, 7) is 3.88. The Labute approximate surface area is 181 Å². The van der Waals surface area contributed by atoms with Crippen LogP contribution in [0.3, 0.4) is 0 Å². The first-order valence-electron chi connectivity index (χ1n) is 11.1. The van der Waals surface area contributed by atoms with E-state index in [2.05, 4.69) is 31.0 Å². The molecule has 0 radical (unpaired) electrons. The summed E-state index contributed by atoms with van der Waals surface area (Å²) in [5.74, 6) is 2.41. The van der Waals surface area contributed by atoms with Gasteiger partial charge in [-0.25, -0.2) is 9.78 Å². The summed E-state index contributed by atoms with van der Waals surface area (Å²) in [7, 11) is 0. The highest BCUT2D eigenvalue weighted by atomic mass is 16.3. The van der Waals surface area contributed by atoms with Crippen LogP contribution in [0, 0.1) is 11.8 Å². The standard InChI is InChI=1S/C21H30N8O2/c1-13(30)9-29-12-18(8-23-29)25-20-22-5-4-19(27-20)24-17-6-14-10-28(11-15(14)7-17)21(31)26-16-2-3-16/h4-5,8,12-17,30H,2-3,6-7,9-11H2,1H3,(H,26,31)(H2,22,24,25,27). The molecule has 10 heteroatoms. The largest absolute Gasteiger partial charge is 0.391 e. The molecule has 166 valence electrons. The molecule has 4 N–H and O–H groups in total. The molecule has 10 nitrogen and oxygen atoms in total. The van der Waals surface area contributed by atoms with Crippen molar-refractivity contribution in [2.75, 3.05) is 23.7 Å². The summed E-state index contributed by atoms with van der Waals surface area (Å²) < 4.78 is 1.68. The summed E-state index contributed by atoms with van der Waals surface area (Å²) in [6.07, 6.45) is 9.14. The number of nitrogens with one attached hydrogen (secondary N) is 3. The summed E-state index contributed by atoms with van der Waals surface area (Å²) in [6, 6.07) is 2.77. The molecular formula is C21H30N8O2. The smallest absolute Gasteiger partial charge is 0.317 e. The maximum Gasteiger partial charge on any atom is 0.317 e. The van der Waals surface area contributed by atoms with E-state index in [4.69, 9.17) is 0 Å². The molecule has 2 aliphatic carbocycles. The number of carbonyl (C=O) groups is 1. The molecule has 31 heavy (non-hydrogen) atoms. The number of amides is 2. The fourth-order valence-corrected chi connectivity index (χ4v) is 4.71. The highest BCUT2D eigenvalue weighted by Gasteiger charge is 2.43. The van der Waals surface area contributed by atoms with E-state index in [-0.39, 0.29) is 6.03 Å². The SMILES string of the molecule is CC(O)Cn1cc(Nc2nccc(NC3CC4CN(C(=O)NC5CC5)CC4C3)n2)cn1. The molecule has 0 spiro atoms. The first-order valence-corrected chi connectivity index (χ1v) is 11.1. The minimum absolute atomic E-state index is 0.115. The number of aliphatic hydroxyl groups excluding tert-OH is 1. The van der Waals surface area contributed by atoms with E-state index in [1.54, 1.807) is 24.0 Å². The molecule has 0 bridgehead atoms. The lowest BCUT2D eigenvalue weighted by Gasteiger charge is -2.20. The number of anilines is 3. The highest BCUT2D eigenvalue weighted by Crippen LogP contribution is 2.39. The van der Waals surface area contributed by atoms with Crippen molar-refractivity contribution in [1.29, 1.82) is 0 Å². The molecule has 3 aliphatic rings. The van der Waals surface area contributed by atoms with Gasteiger partial charge >= 0.3 is 6.03 Å². The van der Waals surface area contributed by atoms with E-state index in [1.807, 2.05) is 17.2 Å². The second-order valence-corrected chi connectivity index (χ2v) is 9.15. The number of aromatic nitrogens is 4. The van der Waals surface area contributed by atoms with E-state index in [1.165, 1.54) is 0 Å². The maximum atomic E-state index is 12.3. The normalized spacial score (nSPS) is 25.9. The van der Waals surface area contributed by atoms with Crippen LogP contribution in [0.4, 0.5) is 22.2 Å². The van der Waals surface area contributed by atoms with Gasteiger partial charge in [0.15, 0.2) is 0 Å². The lowest BCUT2D eigenvalue weighted by Crippen LogP contribution is -2.40. The van der Waals surface area contributed by atoms with Crippen LogP contribution in [0.15, 0.2) is 24.7 Å². The van der Waals surface area contributed by atoms with Crippen molar-refractivity contribution in [2.24, 2.45) is 11.8 Å². The van der Waals surface area contributed by atoms with Crippen LogP contribution < -0.4 is 16.0 Å². The average molecular weight is 427 g/mol. The molecule has 2 aromatic rings. The van der Waals surface area contributed by atoms with Crippen LogP contribution >= 0.6 is 0 Å². The zero-order valence-electron chi connectivity index (χ0n) is 17.7. The van der Waals surface area contributed by atoms with Gasteiger partial charge in [0.2, 0.25) is 5.95 Å². The molecule has 3 unspecified atom stereocenters. The summed E-state index contributed by atoms with van der Waals surface area (Å²) in [5.41, 5.74) is 0.776. The van der Waals surface area contributed by atoms with Gasteiger partial charge in [-0.15, -0.1) is 0 Å². The summed E-state index contributed by atoms with van der Waals surface area (Å²) in [5, 5.41) is 23.5. The predicted molar refractivity (Wildman–Crippen MR) is 116 cm³/mol. The minimum atomic E-state index is -0.456. The number of fused-ring (bicyclic) bond motifs is 1. The third-order valence-electron chi connectivity index (χ3n) is 6.29. The predicted octanol–water partition coefficient (Wildman–Crippen LogP) is 1.79. The number of aliphatic hydroxyl groups is 1. The van der Waals surface area contributed by atoms with Crippen molar-refractivity contribution in [2.45, 2.75) is 57.3 Å². The fourth-order valence-electron chi connectivity index (χ4n) is 4.71. The van der Waals surface area contributed by atoms with Gasteiger partial charge in [-0.2, -0.15) is 10.1 Å². The van der Waals surface area contributed by atoms with E-state index >= 15 is 0 Å². The number of urea groups is 1. The molecule has 2 aromatic heterocycles. The monoisotopic (exact) mass is 426 g/mol. The fraction of sp³-hybridized carbons (Fsp3) is 0.619. The van der Waals surface area contributed by atoms with Crippen molar-refractivity contribution in [3.63, 3.8) is 0 Å². The second-order valence-electron chi connectivity index (χ2n) is 9.15. The van der Waals surface area contributed by atoms with Crippen LogP contribution in [0.1, 0.15) is 32.6 Å². The quantitative estimate of drug-likeness (QED) is 0.533. The Bertz CT molecular complexity index is 914. The Hall–Kier alpha value is -2.88. The van der Waals surface area contributed by atoms with Crippen LogP contribution in [-0.4, -0.2) is 67.1 Å². The van der Waals surface area contributed by atoms with Crippen molar-refractivity contribution in [3.05, 3.63) is 24.7 Å². The number of rotatable bonds is 7. The molecule has 0 aromatic carbocycles. The molecule has 3 fully saturated rings. The van der Waals surface area contributed by atoms with Gasteiger partial charge in [0.05, 0.1) is 24.5 Å². The lowest BCUT2D eigenvalue weighted by atomic mass is 10.0. The molecule has 3 heterocycles. The zero-order chi connectivity index (χ0) is 21.4. The number of hydrogen-bond acceptors (Lipinski definition) is 7. The van der Waals surface area contributed by atoms with Gasteiger partial charge in [0.25, 0.3) is 0 Å². The van der Waals surface area contributed by atoms with E-state index < -0.39 is 6.10 Å². The molecule has 5 rings (SSSR count). The summed E-state index contributed by atoms with van der Waals surface area (Å²) in [4.78, 5) is 23.2. The Kier molecular flexibility index (Phi) is 5.39. The third kappa shape index (κ3) is 4.90. The van der Waals surface area contributed by atoms with Crippen LogP contribution in [0.25, 0.3) is 0 Å². The Morgan fingerprint density at radius 1 is 1.26 bits per heavy atom. The lowest BCUT2D eigenvalue weighted by molar-refractivity contribution is 0.168. The minimum Gasteiger partial charge on any atom is -0.391 e. The Morgan fingerprint density at radius 3 is 2.74 bits per heavy atom.